The summed E-state index contributed by atoms with van der Waals surface area (Å²) < 4.78 is 37.3. The SMILES string of the molecule is CCO[C@@H]1CC[C@]23C(=O)C(=O)O[C@@]1(OO[C@@]2(C)CS(=O)(=O)c1ccccc1)C3C. The van der Waals surface area contributed by atoms with Crippen molar-refractivity contribution in [2.24, 2.45) is 11.3 Å². The van der Waals surface area contributed by atoms with Crippen molar-refractivity contribution in [3.8, 4) is 0 Å². The van der Waals surface area contributed by atoms with Gasteiger partial charge in [-0.15, -0.1) is 0 Å². The first-order valence-corrected chi connectivity index (χ1v) is 11.3. The van der Waals surface area contributed by atoms with E-state index in [4.69, 9.17) is 19.2 Å². The van der Waals surface area contributed by atoms with Crippen LogP contribution in [0.4, 0.5) is 0 Å². The van der Waals surface area contributed by atoms with Crippen molar-refractivity contribution in [1.82, 2.24) is 0 Å². The fourth-order valence-corrected chi connectivity index (χ4v) is 6.97. The molecule has 2 bridgehead atoms. The smallest absolute Gasteiger partial charge is 0.378 e. The lowest BCUT2D eigenvalue weighted by atomic mass is 9.52. The van der Waals surface area contributed by atoms with E-state index in [1.807, 2.05) is 0 Å². The molecule has 2 aliphatic heterocycles. The van der Waals surface area contributed by atoms with Gasteiger partial charge in [-0.1, -0.05) is 25.1 Å². The van der Waals surface area contributed by atoms with E-state index in [1.54, 1.807) is 32.0 Å². The Kier molecular flexibility index (Phi) is 4.65. The molecule has 2 heterocycles. The average molecular weight is 424 g/mol. The highest BCUT2D eigenvalue weighted by Gasteiger charge is 2.78. The summed E-state index contributed by atoms with van der Waals surface area (Å²) in [4.78, 5) is 37.0. The second-order valence-electron chi connectivity index (χ2n) is 8.09. The van der Waals surface area contributed by atoms with Crippen LogP contribution in [0.2, 0.25) is 0 Å². The number of ether oxygens (including phenoxy) is 2. The zero-order chi connectivity index (χ0) is 21.1. The highest BCUT2D eigenvalue weighted by molar-refractivity contribution is 7.91. The van der Waals surface area contributed by atoms with Crippen molar-refractivity contribution in [1.29, 1.82) is 0 Å². The molecule has 1 aliphatic carbocycles. The summed E-state index contributed by atoms with van der Waals surface area (Å²) in [7, 11) is -3.83. The highest BCUT2D eigenvalue weighted by Crippen LogP contribution is 2.63. The lowest BCUT2D eigenvalue weighted by Gasteiger charge is -2.64. The molecule has 0 amide bonds. The predicted octanol–water partition coefficient (Wildman–Crippen LogP) is 1.82. The van der Waals surface area contributed by atoms with Crippen LogP contribution in [0.25, 0.3) is 0 Å². The predicted molar refractivity (Wildman–Crippen MR) is 99.1 cm³/mol. The molecule has 158 valence electrons. The Morgan fingerprint density at radius 1 is 1.17 bits per heavy atom. The molecule has 29 heavy (non-hydrogen) atoms. The molecule has 5 atom stereocenters. The van der Waals surface area contributed by atoms with E-state index >= 15 is 0 Å². The molecule has 2 saturated heterocycles. The van der Waals surface area contributed by atoms with E-state index in [1.165, 1.54) is 19.1 Å². The molecule has 0 spiro atoms. The molecule has 1 aromatic carbocycles. The number of rotatable bonds is 5. The lowest BCUT2D eigenvalue weighted by molar-refractivity contribution is -0.542. The van der Waals surface area contributed by atoms with Gasteiger partial charge in [-0.05, 0) is 38.8 Å². The monoisotopic (exact) mass is 424 g/mol. The van der Waals surface area contributed by atoms with Crippen LogP contribution in [-0.2, 0) is 38.7 Å². The van der Waals surface area contributed by atoms with E-state index in [-0.39, 0.29) is 11.3 Å². The van der Waals surface area contributed by atoms with Gasteiger partial charge in [0, 0.05) is 12.5 Å². The van der Waals surface area contributed by atoms with Gasteiger partial charge in [0.05, 0.1) is 16.1 Å². The fraction of sp³-hybridized carbons (Fsp3) is 0.600. The van der Waals surface area contributed by atoms with Gasteiger partial charge in [0.2, 0.25) is 5.78 Å². The molecule has 0 aromatic heterocycles. The van der Waals surface area contributed by atoms with Gasteiger partial charge >= 0.3 is 5.97 Å². The van der Waals surface area contributed by atoms with Gasteiger partial charge in [-0.25, -0.2) is 18.1 Å². The first-order valence-electron chi connectivity index (χ1n) is 9.67. The molecular weight excluding hydrogens is 400 g/mol. The summed E-state index contributed by atoms with van der Waals surface area (Å²) in [6.07, 6.45) is 0.00296. The van der Waals surface area contributed by atoms with Crippen molar-refractivity contribution < 1.29 is 37.3 Å². The molecule has 1 unspecified atom stereocenters. The number of hydrogen-bond acceptors (Lipinski definition) is 8. The molecule has 0 N–H and O–H groups in total. The van der Waals surface area contributed by atoms with Crippen molar-refractivity contribution in [2.45, 2.75) is 56.0 Å². The van der Waals surface area contributed by atoms with Gasteiger partial charge in [0.25, 0.3) is 5.79 Å². The minimum atomic E-state index is -3.83. The van der Waals surface area contributed by atoms with Crippen LogP contribution in [0, 0.1) is 11.3 Å². The highest BCUT2D eigenvalue weighted by atomic mass is 32.2. The summed E-state index contributed by atoms with van der Waals surface area (Å²) in [6, 6.07) is 7.92. The van der Waals surface area contributed by atoms with E-state index in [0.717, 1.165) is 0 Å². The molecule has 1 aromatic rings. The molecule has 0 radical (unpaired) electrons. The third-order valence-corrected chi connectivity index (χ3v) is 8.59. The van der Waals surface area contributed by atoms with Gasteiger partial charge in [0.1, 0.15) is 11.7 Å². The topological polar surface area (TPSA) is 105 Å². The summed E-state index contributed by atoms with van der Waals surface area (Å²) >= 11 is 0. The largest absolute Gasteiger partial charge is 0.421 e. The van der Waals surface area contributed by atoms with E-state index in [9.17, 15) is 18.0 Å². The maximum Gasteiger partial charge on any atom is 0.378 e. The second kappa shape index (κ2) is 6.60. The number of benzene rings is 1. The van der Waals surface area contributed by atoms with Gasteiger partial charge in [0.15, 0.2) is 9.84 Å². The summed E-state index contributed by atoms with van der Waals surface area (Å²) in [5, 5.41) is 0. The van der Waals surface area contributed by atoms with Gasteiger partial charge < -0.3 is 9.47 Å². The molecule has 3 aliphatic rings. The normalized spacial score (nSPS) is 39.1. The third kappa shape index (κ3) is 2.64. The Morgan fingerprint density at radius 3 is 2.52 bits per heavy atom. The van der Waals surface area contributed by atoms with Gasteiger partial charge in [-0.3, -0.25) is 4.79 Å². The van der Waals surface area contributed by atoms with Crippen LogP contribution < -0.4 is 0 Å². The first kappa shape index (κ1) is 20.5. The quantitative estimate of drug-likeness (QED) is 0.400. The molecule has 1 saturated carbocycles. The Bertz CT molecular complexity index is 944. The van der Waals surface area contributed by atoms with Crippen molar-refractivity contribution >= 4 is 21.6 Å². The minimum Gasteiger partial charge on any atom is -0.421 e. The van der Waals surface area contributed by atoms with E-state index < -0.39 is 56.2 Å². The van der Waals surface area contributed by atoms with Crippen molar-refractivity contribution in [3.05, 3.63) is 30.3 Å². The second-order valence-corrected chi connectivity index (χ2v) is 10.1. The Labute approximate surface area is 169 Å². The molecule has 9 heteroatoms. The first-order chi connectivity index (χ1) is 13.6. The number of esters is 1. The minimum absolute atomic E-state index is 0.111. The van der Waals surface area contributed by atoms with Gasteiger partial charge in [-0.2, -0.15) is 4.89 Å². The third-order valence-electron chi connectivity index (χ3n) is 6.67. The Hall–Kier alpha value is -1.81. The van der Waals surface area contributed by atoms with Crippen LogP contribution in [0.1, 0.15) is 33.6 Å². The molecule has 3 fully saturated rings. The van der Waals surface area contributed by atoms with Crippen LogP contribution in [0.3, 0.4) is 0 Å². The summed E-state index contributed by atoms with van der Waals surface area (Å²) in [5.41, 5.74) is -2.96. The Balaban J connectivity index is 1.80. The maximum absolute atomic E-state index is 13.1. The number of ketones is 1. The zero-order valence-electron chi connectivity index (χ0n) is 16.5. The number of sulfone groups is 1. The average Bonchev–Trinajstić information content (AvgIpc) is 2.68. The van der Waals surface area contributed by atoms with Crippen molar-refractivity contribution in [3.63, 3.8) is 0 Å². The standard InChI is InChI=1S/C20H24O8S/c1-4-25-15-10-11-19-13(2)20(15,26-17(22)16(19)21)28-27-18(19,3)12-29(23,24)14-8-6-5-7-9-14/h5-9,13,15H,4,10-12H2,1-3H3/t13?,15-,18+,19+,20-/m1/s1. The zero-order valence-corrected chi connectivity index (χ0v) is 17.4. The summed E-state index contributed by atoms with van der Waals surface area (Å²) in [6.45, 7) is 5.41. The number of hydrogen-bond donors (Lipinski definition) is 0. The lowest BCUT2D eigenvalue weighted by Crippen LogP contribution is -2.79. The number of carbonyl (C=O) groups excluding carboxylic acids is 2. The fourth-order valence-electron chi connectivity index (χ4n) is 5.20. The van der Waals surface area contributed by atoms with Crippen molar-refractivity contribution in [2.75, 3.05) is 12.4 Å². The van der Waals surface area contributed by atoms with Crippen LogP contribution in [0.15, 0.2) is 35.2 Å². The summed E-state index contributed by atoms with van der Waals surface area (Å²) in [5.74, 6) is -4.54. The van der Waals surface area contributed by atoms with Crippen LogP contribution in [0.5, 0.6) is 0 Å². The Morgan fingerprint density at radius 2 is 1.86 bits per heavy atom. The molecule has 8 nitrogen and oxygen atoms in total. The maximum atomic E-state index is 13.1. The van der Waals surface area contributed by atoms with Crippen LogP contribution in [-0.4, -0.2) is 50.0 Å². The van der Waals surface area contributed by atoms with E-state index in [0.29, 0.717) is 13.0 Å². The van der Waals surface area contributed by atoms with Crippen LogP contribution >= 0.6 is 0 Å². The van der Waals surface area contributed by atoms with E-state index in [2.05, 4.69) is 0 Å². The number of carbonyl (C=O) groups is 2. The number of Topliss-reactive ketones (excluding diaryl/α,β-unsaturated/α-hetero) is 1. The molecular formula is C20H24O8S. The molecule has 4 rings (SSSR count).